The highest BCUT2D eigenvalue weighted by atomic mass is 16.2. The standard InChI is InChI=1S/C22H26N8O2/c1-3-30-21-19(25-26-30)20(23-14-24-21)29-12-17(13-29)22(32)28-10-8-27(9-11-28)18-6-4-16(5-7-18)15(2)31/h4-7,14,17H,3,8-13H2,1-2H3. The molecule has 1 amide bonds. The van der Waals surface area contributed by atoms with Crippen molar-refractivity contribution in [2.75, 3.05) is 49.1 Å². The van der Waals surface area contributed by atoms with E-state index in [1.54, 1.807) is 11.6 Å². The summed E-state index contributed by atoms with van der Waals surface area (Å²) in [6.45, 7) is 8.51. The average molecular weight is 435 g/mol. The van der Waals surface area contributed by atoms with Gasteiger partial charge in [0.2, 0.25) is 5.91 Å². The lowest BCUT2D eigenvalue weighted by atomic mass is 9.98. The van der Waals surface area contributed by atoms with Gasteiger partial charge in [0.25, 0.3) is 0 Å². The summed E-state index contributed by atoms with van der Waals surface area (Å²) in [5.41, 5.74) is 3.21. The predicted octanol–water partition coefficient (Wildman–Crippen LogP) is 1.23. The molecule has 3 aromatic rings. The quantitative estimate of drug-likeness (QED) is 0.553. The van der Waals surface area contributed by atoms with Crippen LogP contribution >= 0.6 is 0 Å². The van der Waals surface area contributed by atoms with Gasteiger partial charge in [0.05, 0.1) is 5.92 Å². The van der Waals surface area contributed by atoms with Gasteiger partial charge in [-0.25, -0.2) is 14.6 Å². The smallest absolute Gasteiger partial charge is 0.229 e. The lowest BCUT2D eigenvalue weighted by molar-refractivity contribution is -0.136. The number of ketones is 1. The van der Waals surface area contributed by atoms with Crippen molar-refractivity contribution >= 4 is 34.4 Å². The molecule has 0 unspecified atom stereocenters. The van der Waals surface area contributed by atoms with Crippen LogP contribution in [0.3, 0.4) is 0 Å². The second kappa shape index (κ2) is 8.18. The van der Waals surface area contributed by atoms with Gasteiger partial charge in [0.1, 0.15) is 6.33 Å². The molecule has 0 atom stereocenters. The van der Waals surface area contributed by atoms with Gasteiger partial charge >= 0.3 is 0 Å². The lowest BCUT2D eigenvalue weighted by Crippen LogP contribution is -2.58. The molecule has 0 saturated carbocycles. The molecule has 10 heteroatoms. The first-order chi connectivity index (χ1) is 15.5. The van der Waals surface area contributed by atoms with E-state index in [0.29, 0.717) is 38.2 Å². The maximum Gasteiger partial charge on any atom is 0.229 e. The Balaban J connectivity index is 1.17. The monoisotopic (exact) mass is 434 g/mol. The van der Waals surface area contributed by atoms with Crippen molar-refractivity contribution in [3.8, 4) is 0 Å². The highest BCUT2D eigenvalue weighted by Crippen LogP contribution is 2.29. The third-order valence-corrected chi connectivity index (χ3v) is 6.34. The molecule has 2 aromatic heterocycles. The molecular weight excluding hydrogens is 408 g/mol. The van der Waals surface area contributed by atoms with Crippen molar-refractivity contribution in [2.24, 2.45) is 5.92 Å². The number of nitrogens with zero attached hydrogens (tertiary/aromatic N) is 8. The fourth-order valence-electron chi connectivity index (χ4n) is 4.38. The van der Waals surface area contributed by atoms with E-state index in [1.165, 1.54) is 6.33 Å². The summed E-state index contributed by atoms with van der Waals surface area (Å²) in [5.74, 6) is 0.995. The fraction of sp³-hybridized carbons (Fsp3) is 0.455. The number of hydrogen-bond acceptors (Lipinski definition) is 8. The zero-order valence-corrected chi connectivity index (χ0v) is 18.3. The Kier molecular flexibility index (Phi) is 5.20. The SMILES string of the molecule is CCn1nnc2c(N3CC(C(=O)N4CCN(c5ccc(C(C)=O)cc5)CC4)C3)ncnc21. The number of aromatic nitrogens is 5. The Hall–Kier alpha value is -3.56. The zero-order valence-electron chi connectivity index (χ0n) is 18.3. The Labute approximate surface area is 185 Å². The van der Waals surface area contributed by atoms with Gasteiger partial charge in [-0.05, 0) is 38.1 Å². The first-order valence-corrected chi connectivity index (χ1v) is 11.0. The number of benzene rings is 1. The minimum atomic E-state index is -0.0253. The summed E-state index contributed by atoms with van der Waals surface area (Å²) in [5, 5.41) is 8.36. The molecule has 10 nitrogen and oxygen atoms in total. The number of carbonyl (C=O) groups is 2. The van der Waals surface area contributed by atoms with Gasteiger partial charge in [-0.3, -0.25) is 9.59 Å². The van der Waals surface area contributed by atoms with Crippen LogP contribution < -0.4 is 9.80 Å². The van der Waals surface area contributed by atoms with Crippen LogP contribution in [0.15, 0.2) is 30.6 Å². The van der Waals surface area contributed by atoms with E-state index in [0.717, 1.165) is 35.8 Å². The molecule has 1 aromatic carbocycles. The molecule has 0 N–H and O–H groups in total. The van der Waals surface area contributed by atoms with Crippen LogP contribution in [0, 0.1) is 5.92 Å². The van der Waals surface area contributed by atoms with Crippen LogP contribution in [0.5, 0.6) is 0 Å². The molecule has 0 bridgehead atoms. The maximum atomic E-state index is 13.0. The summed E-state index contributed by atoms with van der Waals surface area (Å²) >= 11 is 0. The Bertz CT molecular complexity index is 1140. The minimum absolute atomic E-state index is 0.0253. The normalized spacial score (nSPS) is 17.0. The Morgan fingerprint density at radius 3 is 2.38 bits per heavy atom. The van der Waals surface area contributed by atoms with Crippen LogP contribution in [0.4, 0.5) is 11.5 Å². The first-order valence-electron chi connectivity index (χ1n) is 11.0. The Morgan fingerprint density at radius 2 is 1.72 bits per heavy atom. The van der Waals surface area contributed by atoms with E-state index in [1.807, 2.05) is 36.1 Å². The number of fused-ring (bicyclic) bond motifs is 1. The predicted molar refractivity (Wildman–Crippen MR) is 120 cm³/mol. The summed E-state index contributed by atoms with van der Waals surface area (Å²) in [6, 6.07) is 7.69. The molecule has 2 saturated heterocycles. The van der Waals surface area contributed by atoms with Crippen LogP contribution in [0.25, 0.3) is 11.2 Å². The third kappa shape index (κ3) is 3.55. The van der Waals surface area contributed by atoms with Crippen molar-refractivity contribution in [3.63, 3.8) is 0 Å². The van der Waals surface area contributed by atoms with Gasteiger partial charge in [0, 0.05) is 57.1 Å². The number of carbonyl (C=O) groups excluding carboxylic acids is 2. The van der Waals surface area contributed by atoms with Gasteiger partial charge in [-0.2, -0.15) is 0 Å². The molecule has 2 fully saturated rings. The Morgan fingerprint density at radius 1 is 1.00 bits per heavy atom. The van der Waals surface area contributed by atoms with Crippen LogP contribution in [-0.2, 0) is 11.3 Å². The summed E-state index contributed by atoms with van der Waals surface area (Å²) in [6.07, 6.45) is 1.53. The number of aryl methyl sites for hydroxylation is 1. The average Bonchev–Trinajstić information content (AvgIpc) is 3.22. The molecule has 0 radical (unpaired) electrons. The van der Waals surface area contributed by atoms with E-state index in [9.17, 15) is 9.59 Å². The van der Waals surface area contributed by atoms with E-state index in [4.69, 9.17) is 0 Å². The van der Waals surface area contributed by atoms with Gasteiger partial charge < -0.3 is 14.7 Å². The first kappa shape index (κ1) is 20.3. The summed E-state index contributed by atoms with van der Waals surface area (Å²) < 4.78 is 1.75. The van der Waals surface area contributed by atoms with Crippen molar-refractivity contribution < 1.29 is 9.59 Å². The molecule has 32 heavy (non-hydrogen) atoms. The molecule has 5 rings (SSSR count). The third-order valence-electron chi connectivity index (χ3n) is 6.34. The van der Waals surface area contributed by atoms with Gasteiger partial charge in [-0.15, -0.1) is 5.10 Å². The molecule has 166 valence electrons. The zero-order chi connectivity index (χ0) is 22.2. The highest BCUT2D eigenvalue weighted by Gasteiger charge is 2.38. The largest absolute Gasteiger partial charge is 0.368 e. The van der Waals surface area contributed by atoms with Crippen LogP contribution in [0.1, 0.15) is 24.2 Å². The molecule has 2 aliphatic rings. The lowest BCUT2D eigenvalue weighted by Gasteiger charge is -2.43. The number of anilines is 2. The number of Topliss-reactive ketones (excluding diaryl/α,β-unsaturated/α-hetero) is 1. The fourth-order valence-corrected chi connectivity index (χ4v) is 4.38. The van der Waals surface area contributed by atoms with Crippen molar-refractivity contribution in [1.82, 2.24) is 29.9 Å². The molecular formula is C22H26N8O2. The molecule has 2 aliphatic heterocycles. The second-order valence-corrected chi connectivity index (χ2v) is 8.29. The number of rotatable bonds is 5. The molecule has 0 aliphatic carbocycles. The van der Waals surface area contributed by atoms with Crippen LogP contribution in [-0.4, -0.2) is 80.8 Å². The van der Waals surface area contributed by atoms with E-state index in [2.05, 4.69) is 30.1 Å². The van der Waals surface area contributed by atoms with Crippen LogP contribution in [0.2, 0.25) is 0 Å². The van der Waals surface area contributed by atoms with Gasteiger partial charge in [-0.1, -0.05) is 5.21 Å². The van der Waals surface area contributed by atoms with E-state index < -0.39 is 0 Å². The molecule has 4 heterocycles. The number of piperazine rings is 1. The number of hydrogen-bond donors (Lipinski definition) is 0. The van der Waals surface area contributed by atoms with Crippen molar-refractivity contribution in [3.05, 3.63) is 36.2 Å². The molecule has 0 spiro atoms. The topological polar surface area (TPSA) is 100 Å². The second-order valence-electron chi connectivity index (χ2n) is 8.29. The van der Waals surface area contributed by atoms with Gasteiger partial charge in [0.15, 0.2) is 22.8 Å². The van der Waals surface area contributed by atoms with Crippen molar-refractivity contribution in [1.29, 1.82) is 0 Å². The summed E-state index contributed by atoms with van der Waals surface area (Å²) in [4.78, 5) is 39.5. The minimum Gasteiger partial charge on any atom is -0.368 e. The van der Waals surface area contributed by atoms with Crippen molar-refractivity contribution in [2.45, 2.75) is 20.4 Å². The van der Waals surface area contributed by atoms with E-state index >= 15 is 0 Å². The van der Waals surface area contributed by atoms with E-state index in [-0.39, 0.29) is 17.6 Å². The number of amides is 1. The summed E-state index contributed by atoms with van der Waals surface area (Å²) in [7, 11) is 0. The maximum absolute atomic E-state index is 13.0. The highest BCUT2D eigenvalue weighted by molar-refractivity contribution is 5.94.